The molecule has 4 nitrogen and oxygen atoms in total. The third kappa shape index (κ3) is 3.52. The number of hydrogen-bond acceptors (Lipinski definition) is 3. The van der Waals surface area contributed by atoms with Crippen molar-refractivity contribution < 1.29 is 23.1 Å². The lowest BCUT2D eigenvalue weighted by molar-refractivity contribution is -0.302. The standard InChI is InChI=1S/C18H14BrF3N2O2/c19-14-8-6-13(7-9-14)15-11-17(26,18(20,21)22)24(23-15)16(25)10-12-4-2-1-3-5-12/h1-9,26H,10-11H2/t17-/m1/s1. The van der Waals surface area contributed by atoms with Gasteiger partial charge in [0.15, 0.2) is 0 Å². The van der Waals surface area contributed by atoms with E-state index in [1.54, 1.807) is 54.6 Å². The van der Waals surface area contributed by atoms with E-state index in [0.29, 0.717) is 11.1 Å². The zero-order chi connectivity index (χ0) is 18.9. The van der Waals surface area contributed by atoms with Crippen molar-refractivity contribution in [2.45, 2.75) is 24.7 Å². The predicted molar refractivity (Wildman–Crippen MR) is 93.3 cm³/mol. The Labute approximate surface area is 156 Å². The van der Waals surface area contributed by atoms with Crippen LogP contribution in [0.5, 0.6) is 0 Å². The first-order valence-corrected chi connectivity index (χ1v) is 8.49. The molecule has 8 heteroatoms. The van der Waals surface area contributed by atoms with Crippen molar-refractivity contribution in [1.29, 1.82) is 0 Å². The van der Waals surface area contributed by atoms with Crippen LogP contribution >= 0.6 is 15.9 Å². The fraction of sp³-hybridized carbons (Fsp3) is 0.222. The lowest BCUT2D eigenvalue weighted by Gasteiger charge is -2.32. The van der Waals surface area contributed by atoms with Gasteiger partial charge in [0.2, 0.25) is 5.91 Å². The average molecular weight is 427 g/mol. The van der Waals surface area contributed by atoms with E-state index in [2.05, 4.69) is 21.0 Å². The Kier molecular flexibility index (Phi) is 4.90. The van der Waals surface area contributed by atoms with Gasteiger partial charge in [0.25, 0.3) is 5.72 Å². The molecule has 0 saturated carbocycles. The third-order valence-corrected chi connectivity index (χ3v) is 4.58. The number of benzene rings is 2. The van der Waals surface area contributed by atoms with E-state index in [9.17, 15) is 23.1 Å². The first-order chi connectivity index (χ1) is 12.2. The highest BCUT2D eigenvalue weighted by Gasteiger charge is 2.63. The van der Waals surface area contributed by atoms with Crippen LogP contribution in [0.25, 0.3) is 0 Å². The number of alkyl halides is 3. The van der Waals surface area contributed by atoms with Gasteiger partial charge in [-0.1, -0.05) is 58.4 Å². The van der Waals surface area contributed by atoms with Crippen LogP contribution in [-0.2, 0) is 11.2 Å². The summed E-state index contributed by atoms with van der Waals surface area (Å²) in [4.78, 5) is 12.5. The minimum absolute atomic E-state index is 0.00117. The number of amides is 1. The van der Waals surface area contributed by atoms with Crippen LogP contribution in [0.15, 0.2) is 64.2 Å². The SMILES string of the molecule is O=C(Cc1ccccc1)N1N=C(c2ccc(Br)cc2)C[C@@]1(O)C(F)(F)F. The minimum Gasteiger partial charge on any atom is -0.362 e. The van der Waals surface area contributed by atoms with Crippen LogP contribution < -0.4 is 0 Å². The van der Waals surface area contributed by atoms with Crippen molar-refractivity contribution >= 4 is 27.5 Å². The zero-order valence-corrected chi connectivity index (χ0v) is 15.0. The molecular weight excluding hydrogens is 413 g/mol. The number of hydrazone groups is 1. The van der Waals surface area contributed by atoms with Gasteiger partial charge in [-0.15, -0.1) is 0 Å². The van der Waals surface area contributed by atoms with Gasteiger partial charge in [0.1, 0.15) is 0 Å². The lowest BCUT2D eigenvalue weighted by atomic mass is 10.0. The first kappa shape index (κ1) is 18.6. The molecule has 0 bridgehead atoms. The van der Waals surface area contributed by atoms with E-state index in [-0.39, 0.29) is 17.1 Å². The molecule has 0 fully saturated rings. The van der Waals surface area contributed by atoms with Crippen LogP contribution in [0.1, 0.15) is 17.5 Å². The molecule has 0 aliphatic carbocycles. The molecule has 0 aromatic heterocycles. The van der Waals surface area contributed by atoms with Gasteiger partial charge < -0.3 is 5.11 Å². The normalized spacial score (nSPS) is 20.2. The van der Waals surface area contributed by atoms with Crippen LogP contribution in [-0.4, -0.2) is 33.6 Å². The van der Waals surface area contributed by atoms with Gasteiger partial charge in [-0.3, -0.25) is 4.79 Å². The number of carbonyl (C=O) groups excluding carboxylic acids is 1. The highest BCUT2D eigenvalue weighted by Crippen LogP contribution is 2.41. The molecule has 136 valence electrons. The van der Waals surface area contributed by atoms with Crippen LogP contribution in [0.2, 0.25) is 0 Å². The maximum absolute atomic E-state index is 13.5. The van der Waals surface area contributed by atoms with Gasteiger partial charge in [0.05, 0.1) is 18.6 Å². The molecule has 0 spiro atoms. The zero-order valence-electron chi connectivity index (χ0n) is 13.4. The van der Waals surface area contributed by atoms with Crippen LogP contribution in [0.4, 0.5) is 13.2 Å². The van der Waals surface area contributed by atoms with E-state index in [4.69, 9.17) is 0 Å². The molecule has 3 rings (SSSR count). The lowest BCUT2D eigenvalue weighted by Crippen LogP contribution is -2.57. The summed E-state index contributed by atoms with van der Waals surface area (Å²) >= 11 is 3.25. The molecule has 0 saturated heterocycles. The summed E-state index contributed by atoms with van der Waals surface area (Å²) in [7, 11) is 0. The van der Waals surface area contributed by atoms with E-state index in [1.165, 1.54) is 0 Å². The average Bonchev–Trinajstić information content (AvgIpc) is 2.95. The third-order valence-electron chi connectivity index (χ3n) is 4.05. The smallest absolute Gasteiger partial charge is 0.362 e. The summed E-state index contributed by atoms with van der Waals surface area (Å²) in [5, 5.41) is 14.3. The molecular formula is C18H14BrF3N2O2. The number of nitrogens with zero attached hydrogens (tertiary/aromatic N) is 2. The minimum atomic E-state index is -5.04. The summed E-state index contributed by atoms with van der Waals surface area (Å²) in [6.45, 7) is 0. The van der Waals surface area contributed by atoms with Crippen LogP contribution in [0.3, 0.4) is 0 Å². The maximum atomic E-state index is 13.5. The van der Waals surface area contributed by atoms with Crippen molar-refractivity contribution in [3.8, 4) is 0 Å². The van der Waals surface area contributed by atoms with Gasteiger partial charge in [-0.2, -0.15) is 23.3 Å². The largest absolute Gasteiger partial charge is 0.438 e. The van der Waals surface area contributed by atoms with Crippen LogP contribution in [0, 0.1) is 0 Å². The van der Waals surface area contributed by atoms with E-state index in [1.807, 2.05) is 0 Å². The van der Waals surface area contributed by atoms with E-state index >= 15 is 0 Å². The summed E-state index contributed by atoms with van der Waals surface area (Å²) in [6, 6.07) is 14.8. The Hall–Kier alpha value is -2.19. The molecule has 1 amide bonds. The monoisotopic (exact) mass is 426 g/mol. The van der Waals surface area contributed by atoms with Gasteiger partial charge >= 0.3 is 6.18 Å². The van der Waals surface area contributed by atoms with Crippen molar-refractivity contribution in [3.05, 3.63) is 70.2 Å². The number of halogens is 4. The topological polar surface area (TPSA) is 52.9 Å². The Bertz CT molecular complexity index is 838. The highest BCUT2D eigenvalue weighted by molar-refractivity contribution is 9.10. The highest BCUT2D eigenvalue weighted by atomic mass is 79.9. The summed E-state index contributed by atoms with van der Waals surface area (Å²) in [6.07, 6.45) is -6.16. The van der Waals surface area contributed by atoms with Gasteiger partial charge in [-0.05, 0) is 23.3 Å². The van der Waals surface area contributed by atoms with Crippen molar-refractivity contribution in [2.75, 3.05) is 0 Å². The Morgan fingerprint density at radius 1 is 1.15 bits per heavy atom. The second-order valence-corrected chi connectivity index (χ2v) is 6.83. The molecule has 1 aliphatic heterocycles. The molecule has 0 radical (unpaired) electrons. The fourth-order valence-electron chi connectivity index (χ4n) is 2.68. The van der Waals surface area contributed by atoms with Crippen molar-refractivity contribution in [2.24, 2.45) is 5.10 Å². The summed E-state index contributed by atoms with van der Waals surface area (Å²) in [5.74, 6) is -0.928. The maximum Gasteiger partial charge on any atom is 0.438 e. The van der Waals surface area contributed by atoms with Crippen molar-refractivity contribution in [1.82, 2.24) is 5.01 Å². The molecule has 1 aliphatic rings. The van der Waals surface area contributed by atoms with Gasteiger partial charge in [-0.25, -0.2) is 0 Å². The molecule has 0 unspecified atom stereocenters. The molecule has 2 aromatic rings. The summed E-state index contributed by atoms with van der Waals surface area (Å²) < 4.78 is 41.3. The number of aliphatic hydroxyl groups is 1. The molecule has 1 N–H and O–H groups in total. The van der Waals surface area contributed by atoms with Gasteiger partial charge in [0, 0.05) is 4.47 Å². The second kappa shape index (κ2) is 6.85. The molecule has 2 aromatic carbocycles. The Morgan fingerprint density at radius 2 is 1.77 bits per heavy atom. The first-order valence-electron chi connectivity index (χ1n) is 7.70. The molecule has 1 heterocycles. The quantitative estimate of drug-likeness (QED) is 0.809. The number of rotatable bonds is 3. The van der Waals surface area contributed by atoms with E-state index < -0.39 is 24.2 Å². The summed E-state index contributed by atoms with van der Waals surface area (Å²) in [5.41, 5.74) is -2.42. The second-order valence-electron chi connectivity index (χ2n) is 5.91. The Morgan fingerprint density at radius 3 is 2.35 bits per heavy atom. The number of hydrogen-bond donors (Lipinski definition) is 1. The predicted octanol–water partition coefficient (Wildman–Crippen LogP) is 3.88. The number of carbonyl (C=O) groups is 1. The molecule has 1 atom stereocenters. The Balaban J connectivity index is 1.94. The molecule has 26 heavy (non-hydrogen) atoms. The van der Waals surface area contributed by atoms with Crippen molar-refractivity contribution in [3.63, 3.8) is 0 Å². The fourth-order valence-corrected chi connectivity index (χ4v) is 2.94. The van der Waals surface area contributed by atoms with E-state index in [0.717, 1.165) is 4.47 Å².